The summed E-state index contributed by atoms with van der Waals surface area (Å²) in [6, 6.07) is 166. The fourth-order valence-corrected chi connectivity index (χ4v) is 21.7. The quantitative estimate of drug-likeness (QED) is 0.0941. The van der Waals surface area contributed by atoms with Gasteiger partial charge in [-0.2, -0.15) is 0 Å². The van der Waals surface area contributed by atoms with E-state index in [1.807, 2.05) is 24.3 Å². The van der Waals surface area contributed by atoms with E-state index in [0.717, 1.165) is 212 Å². The van der Waals surface area contributed by atoms with Crippen LogP contribution in [-0.2, 0) is 0 Å². The zero-order chi connectivity index (χ0) is 91.7. The molecule has 8 heteroatoms. The molecule has 0 radical (unpaired) electrons. The van der Waals surface area contributed by atoms with Gasteiger partial charge in [-0.25, -0.2) is 0 Å². The maximum atomic E-state index is 7.22. The van der Waals surface area contributed by atoms with Gasteiger partial charge in [0.2, 0.25) is 0 Å². The molecule has 0 fully saturated rings. The maximum Gasteiger partial charge on any atom is 0.159 e. The highest BCUT2D eigenvalue weighted by Gasteiger charge is 2.33. The molecule has 27 rings (SSSR count). The van der Waals surface area contributed by atoms with Crippen molar-refractivity contribution < 1.29 is 18.3 Å². The van der Waals surface area contributed by atoms with Gasteiger partial charge in [0, 0.05) is 100 Å². The molecular formula is C130H88N4O4. The molecule has 0 saturated carbocycles. The Hall–Kier alpha value is -18.0. The maximum absolute atomic E-state index is 7.22. The summed E-state index contributed by atoms with van der Waals surface area (Å²) in [4.78, 5) is 9.51. The van der Waals surface area contributed by atoms with Gasteiger partial charge in [0.25, 0.3) is 0 Å². The molecule has 0 aliphatic carbocycles. The number of nitrogens with zero attached hydrogens (tertiary/aromatic N) is 4. The van der Waals surface area contributed by atoms with Crippen LogP contribution in [0.1, 0.15) is 22.3 Å². The molecule has 0 N–H and O–H groups in total. The van der Waals surface area contributed by atoms with Crippen LogP contribution in [0, 0.1) is 27.7 Å². The summed E-state index contributed by atoms with van der Waals surface area (Å²) in [5.41, 5.74) is 31.8. The topological polar surface area (TPSA) is 57.7 Å². The first-order valence-corrected chi connectivity index (χ1v) is 47.2. The second kappa shape index (κ2) is 33.0. The Morgan fingerprint density at radius 2 is 0.471 bits per heavy atom. The molecule has 652 valence electrons. The number of hydrogen-bond acceptors (Lipinski definition) is 8. The molecule has 2 aliphatic rings. The predicted molar refractivity (Wildman–Crippen MR) is 577 cm³/mol. The molecule has 0 bridgehead atoms. The van der Waals surface area contributed by atoms with Crippen molar-refractivity contribution >= 4 is 177 Å². The van der Waals surface area contributed by atoms with E-state index in [0.29, 0.717) is 0 Å². The van der Waals surface area contributed by atoms with Crippen LogP contribution in [0.25, 0.3) is 164 Å². The molecule has 138 heavy (non-hydrogen) atoms. The molecule has 0 saturated heterocycles. The average molecular weight is 1770 g/mol. The van der Waals surface area contributed by atoms with Gasteiger partial charge >= 0.3 is 0 Å². The number of fused-ring (bicyclic) bond motifs is 18. The zero-order valence-corrected chi connectivity index (χ0v) is 76.3. The third-order valence-corrected chi connectivity index (χ3v) is 27.7. The number of anilines is 12. The Bertz CT molecular complexity index is 9180. The molecule has 0 spiro atoms. The lowest BCUT2D eigenvalue weighted by Gasteiger charge is -2.31. The SMILES string of the molecule is Cc1ccc2c(N(c3ccccc3)c3ccccc3)cc3c4cc(C)cc5c4c(cc3c2c1)-c1ccc(N(c2ccccc2-c2ccccc2)c2cccc3c2oc2ccccc23)cc1O5.Cc1ccc2c(N(c3ccccc3)c3ccccc3-c3ccccc3)cc3c4cc(C)cc5c4c(cc3c2c1)-c1ccc(N(c2ccccc2-c2ccccc2)c2cccc3c2oc2ccccc23)cc1O5. The van der Waals surface area contributed by atoms with E-state index in [4.69, 9.17) is 18.3 Å². The van der Waals surface area contributed by atoms with E-state index in [-0.39, 0.29) is 0 Å². The van der Waals surface area contributed by atoms with E-state index < -0.39 is 0 Å². The van der Waals surface area contributed by atoms with Crippen LogP contribution in [0.5, 0.6) is 23.0 Å². The minimum absolute atomic E-state index is 0.801. The Morgan fingerprint density at radius 1 is 0.159 bits per heavy atom. The third kappa shape index (κ3) is 13.6. The van der Waals surface area contributed by atoms with Gasteiger partial charge in [-0.1, -0.05) is 321 Å². The summed E-state index contributed by atoms with van der Waals surface area (Å²) in [7, 11) is 0. The summed E-state index contributed by atoms with van der Waals surface area (Å²) in [6.07, 6.45) is 0. The fourth-order valence-electron chi connectivity index (χ4n) is 21.7. The third-order valence-electron chi connectivity index (χ3n) is 27.7. The highest BCUT2D eigenvalue weighted by atomic mass is 16.5. The lowest BCUT2D eigenvalue weighted by molar-refractivity contribution is 0.486. The van der Waals surface area contributed by atoms with Crippen molar-refractivity contribution in [2.75, 3.05) is 19.6 Å². The number of aryl methyl sites for hydroxylation is 4. The minimum Gasteiger partial charge on any atom is -0.456 e. The van der Waals surface area contributed by atoms with Gasteiger partial charge in [-0.3, -0.25) is 0 Å². The number of ether oxygens (including phenoxy) is 2. The van der Waals surface area contributed by atoms with Gasteiger partial charge < -0.3 is 37.9 Å². The van der Waals surface area contributed by atoms with Crippen molar-refractivity contribution in [3.8, 4) is 78.6 Å². The lowest BCUT2D eigenvalue weighted by Crippen LogP contribution is -2.12. The molecule has 25 aromatic rings. The summed E-state index contributed by atoms with van der Waals surface area (Å²) in [5.74, 6) is 3.31. The predicted octanol–water partition coefficient (Wildman–Crippen LogP) is 37.8. The van der Waals surface area contributed by atoms with Crippen molar-refractivity contribution in [2.24, 2.45) is 0 Å². The highest BCUT2D eigenvalue weighted by Crippen LogP contribution is 2.59. The Kier molecular flexibility index (Phi) is 19.4. The largest absolute Gasteiger partial charge is 0.456 e. The smallest absolute Gasteiger partial charge is 0.159 e. The normalized spacial score (nSPS) is 11.9. The van der Waals surface area contributed by atoms with Crippen molar-refractivity contribution in [3.63, 3.8) is 0 Å². The van der Waals surface area contributed by atoms with Gasteiger partial charge in [0.15, 0.2) is 11.2 Å². The van der Waals surface area contributed by atoms with Crippen molar-refractivity contribution in [1.29, 1.82) is 0 Å². The second-order valence-electron chi connectivity index (χ2n) is 36.4. The van der Waals surface area contributed by atoms with Crippen LogP contribution in [-0.4, -0.2) is 0 Å². The van der Waals surface area contributed by atoms with Gasteiger partial charge in [-0.05, 0) is 249 Å². The summed E-state index contributed by atoms with van der Waals surface area (Å²) < 4.78 is 27.9. The number of para-hydroxylation sites is 10. The monoisotopic (exact) mass is 1770 g/mol. The van der Waals surface area contributed by atoms with E-state index in [2.05, 4.69) is 484 Å². The highest BCUT2D eigenvalue weighted by molar-refractivity contribution is 6.29. The number of rotatable bonds is 15. The first kappa shape index (κ1) is 80.8. The van der Waals surface area contributed by atoms with Crippen LogP contribution < -0.4 is 29.1 Å². The first-order chi connectivity index (χ1) is 68.1. The van der Waals surface area contributed by atoms with Crippen molar-refractivity contribution in [1.82, 2.24) is 0 Å². The fraction of sp³-hybridized carbons (Fsp3) is 0.0308. The second-order valence-corrected chi connectivity index (χ2v) is 36.4. The molecule has 0 atom stereocenters. The van der Waals surface area contributed by atoms with Crippen LogP contribution in [0.3, 0.4) is 0 Å². The molecule has 2 aliphatic heterocycles. The van der Waals surface area contributed by atoms with E-state index in [1.165, 1.54) is 65.2 Å². The summed E-state index contributed by atoms with van der Waals surface area (Å²) in [5, 5.41) is 18.5. The van der Waals surface area contributed by atoms with Crippen LogP contribution in [0.2, 0.25) is 0 Å². The summed E-state index contributed by atoms with van der Waals surface area (Å²) in [6.45, 7) is 8.74. The zero-order valence-electron chi connectivity index (χ0n) is 76.3. The van der Waals surface area contributed by atoms with Crippen LogP contribution >= 0.6 is 0 Å². The van der Waals surface area contributed by atoms with Crippen molar-refractivity contribution in [2.45, 2.75) is 27.7 Å². The molecule has 0 unspecified atom stereocenters. The Labute approximate surface area is 798 Å². The lowest BCUT2D eigenvalue weighted by atomic mass is 9.87. The van der Waals surface area contributed by atoms with Crippen LogP contribution in [0.15, 0.2) is 470 Å². The Morgan fingerprint density at radius 3 is 0.877 bits per heavy atom. The number of furan rings is 2. The van der Waals surface area contributed by atoms with Gasteiger partial charge in [0.1, 0.15) is 34.2 Å². The van der Waals surface area contributed by atoms with Crippen molar-refractivity contribution in [3.05, 3.63) is 483 Å². The average Bonchev–Trinajstić information content (AvgIpc) is 1.12. The molecule has 0 amide bonds. The van der Waals surface area contributed by atoms with Crippen LogP contribution in [0.4, 0.5) is 68.2 Å². The summed E-state index contributed by atoms with van der Waals surface area (Å²) >= 11 is 0. The molecule has 2 aromatic heterocycles. The standard InChI is InChI=1S/C68H46N2O2.C62H42N2O2/c1-43-33-35-51-55(37-43)56-41-59-53-36-34-48(70(61-30-16-13-26-50(61)46-21-8-4-9-22-46)62-31-18-28-54-52-27-14-17-32-64(52)72-68(54)62)40-65(53)71-66-39-44(2)38-58(67(59)66)57(56)42-63(51)69(47-23-10-5-11-24-47)60-29-15-12-25-49(60)45-19-6-3-7-20-45;1-39-29-31-46-50(33-39)51-37-54-48-32-30-44(64(55-26-14-12-23-45(55)41-17-6-3-7-18-41)56-27-16-25-49-47-24-13-15-28-58(47)66-62(49)56)36-59(48)65-60-35-40(2)34-53(61(54)60)52(51)38-57(46)63(42-19-8-4-9-20-42)43-21-10-5-11-22-43/h3-42H,1-2H3;3-38H,1-2H3. The molecular weight excluding hydrogens is 1680 g/mol. The molecule has 4 heterocycles. The number of benzene rings is 23. The Balaban J connectivity index is 0.000000143. The minimum atomic E-state index is 0.801. The van der Waals surface area contributed by atoms with E-state index in [1.54, 1.807) is 0 Å². The number of hydrogen-bond donors (Lipinski definition) is 0. The molecule has 8 nitrogen and oxygen atoms in total. The first-order valence-electron chi connectivity index (χ1n) is 47.2. The van der Waals surface area contributed by atoms with Gasteiger partial charge in [-0.15, -0.1) is 0 Å². The van der Waals surface area contributed by atoms with E-state index in [9.17, 15) is 0 Å². The molecule has 23 aromatic carbocycles. The van der Waals surface area contributed by atoms with E-state index >= 15 is 0 Å². The van der Waals surface area contributed by atoms with Gasteiger partial charge in [0.05, 0.1) is 51.2 Å².